The molecule has 0 radical (unpaired) electrons. The van der Waals surface area contributed by atoms with Crippen molar-refractivity contribution in [3.8, 4) is 66.8 Å². The molecule has 0 aromatic heterocycles. The summed E-state index contributed by atoms with van der Waals surface area (Å²) in [6.45, 7) is 3.95. The Balaban J connectivity index is 0.000000207. The average molecular weight is 1800 g/mol. The first-order chi connectivity index (χ1) is 65.4. The van der Waals surface area contributed by atoms with Crippen LogP contribution < -0.4 is 30.2 Å². The lowest BCUT2D eigenvalue weighted by Crippen LogP contribution is -2.32. The monoisotopic (exact) mass is 1800 g/mol. The molecule has 16 rings (SSSR count). The Kier molecular flexibility index (Phi) is 26.9. The number of carbonyl (C=O) groups excluding carboxylic acids is 12. The molecule has 4 heterocycles. The van der Waals surface area contributed by atoms with Crippen molar-refractivity contribution in [2.75, 3.05) is 30.2 Å². The van der Waals surface area contributed by atoms with Crippen LogP contribution in [0.2, 0.25) is 0 Å². The van der Waals surface area contributed by atoms with Crippen LogP contribution in [-0.2, 0) is 100 Å². The van der Waals surface area contributed by atoms with E-state index in [0.29, 0.717) is 90.0 Å². The molecule has 0 unspecified atom stereocenters. The number of rotatable bonds is 30. The zero-order valence-corrected chi connectivity index (χ0v) is 72.3. The van der Waals surface area contributed by atoms with Gasteiger partial charge in [0.05, 0.1) is 22.7 Å². The maximum absolute atomic E-state index is 13.4. The SMILES string of the molecule is CC(c1ccc(-c2ccccc2)cc1)(c1ccc(CC(=O)/C=C/C(=O)O)c(-c2ccccc2NC(=O)/C=C/C(=O)O)c1)c1ccc(CC(=O)/C=C/C(=O)O)c(-c2ccccc2NC(=O)/C=C/C(=O)O)c1.CC(c1ccc(-c2ccccc2)cc1)(c1ccc(N2C(=O)C=CC2=O)c(-c2ccccc2N2C(=O)C=CC2=O)c1)c1ccc(N2C(=O)C=CC2=O)c(-c2ccccc2N2C(=O)C=CC2=O)c1. The van der Waals surface area contributed by atoms with E-state index in [1.807, 2.05) is 159 Å². The second-order valence-electron chi connectivity index (χ2n) is 31.8. The highest BCUT2D eigenvalue weighted by molar-refractivity contribution is 6.33. The predicted octanol–water partition coefficient (Wildman–Crippen LogP) is 16.5. The van der Waals surface area contributed by atoms with Crippen molar-refractivity contribution in [1.82, 2.24) is 0 Å². The molecule has 0 fully saturated rings. The molecule has 12 aromatic carbocycles. The van der Waals surface area contributed by atoms with Gasteiger partial charge in [-0.25, -0.2) is 38.8 Å². The van der Waals surface area contributed by atoms with Gasteiger partial charge in [0.1, 0.15) is 0 Å². The molecule has 12 aromatic rings. The van der Waals surface area contributed by atoms with E-state index in [4.69, 9.17) is 0 Å². The third-order valence-electron chi connectivity index (χ3n) is 23.5. The number of benzene rings is 12. The molecule has 26 heteroatoms. The summed E-state index contributed by atoms with van der Waals surface area (Å²) in [6.07, 6.45) is 15.4. The number of carboxylic acids is 4. The number of nitrogens with one attached hydrogen (secondary N) is 2. The number of ketones is 2. The first kappa shape index (κ1) is 92.0. The number of para-hydroxylation sites is 4. The van der Waals surface area contributed by atoms with Gasteiger partial charge < -0.3 is 31.1 Å². The van der Waals surface area contributed by atoms with Crippen molar-refractivity contribution in [2.45, 2.75) is 37.5 Å². The number of carbonyl (C=O) groups is 16. The smallest absolute Gasteiger partial charge is 0.328 e. The second-order valence-corrected chi connectivity index (χ2v) is 31.8. The van der Waals surface area contributed by atoms with E-state index in [9.17, 15) is 97.1 Å². The van der Waals surface area contributed by atoms with Gasteiger partial charge in [0.2, 0.25) is 11.8 Å². The predicted molar refractivity (Wildman–Crippen MR) is 511 cm³/mol. The first-order valence-corrected chi connectivity index (χ1v) is 42.3. The fraction of sp³-hybridized carbons (Fsp3) is 0.0545. The summed E-state index contributed by atoms with van der Waals surface area (Å²) >= 11 is 0. The molecule has 0 atom stereocenters. The molecule has 10 amide bonds. The molecule has 4 aliphatic heterocycles. The molecule has 0 saturated heterocycles. The summed E-state index contributed by atoms with van der Waals surface area (Å²) in [5.41, 5.74) is 11.3. The Morgan fingerprint density at radius 1 is 0.250 bits per heavy atom. The normalized spacial score (nSPS) is 13.6. The summed E-state index contributed by atoms with van der Waals surface area (Å²) in [5.74, 6) is -12.4. The summed E-state index contributed by atoms with van der Waals surface area (Å²) in [4.78, 5) is 208. The Hall–Kier alpha value is -18.7. The molecule has 668 valence electrons. The first-order valence-electron chi connectivity index (χ1n) is 42.3. The average Bonchev–Trinajstić information content (AvgIpc) is 1.56. The van der Waals surface area contributed by atoms with Crippen LogP contribution >= 0.6 is 0 Å². The van der Waals surface area contributed by atoms with Crippen LogP contribution in [0.25, 0.3) is 66.8 Å². The topological polar surface area (TPSA) is 391 Å². The van der Waals surface area contributed by atoms with Crippen LogP contribution in [0, 0.1) is 0 Å². The number of hydrogen-bond acceptors (Lipinski definition) is 16. The minimum Gasteiger partial charge on any atom is -0.478 e. The summed E-state index contributed by atoms with van der Waals surface area (Å²) in [7, 11) is 0. The number of anilines is 6. The Labute approximate surface area is 776 Å². The number of carboxylic acid groups (broad SMARTS) is 4. The van der Waals surface area contributed by atoms with Crippen LogP contribution in [0.4, 0.5) is 34.1 Å². The summed E-state index contributed by atoms with van der Waals surface area (Å²) in [6, 6.07) is 83.6. The number of allylic oxidation sites excluding steroid dienone is 2. The third-order valence-corrected chi connectivity index (χ3v) is 23.5. The highest BCUT2D eigenvalue weighted by Crippen LogP contribution is 2.51. The van der Waals surface area contributed by atoms with Crippen LogP contribution in [0.15, 0.2) is 376 Å². The van der Waals surface area contributed by atoms with Crippen molar-refractivity contribution in [3.05, 3.63) is 421 Å². The second kappa shape index (κ2) is 39.7. The lowest BCUT2D eigenvalue weighted by atomic mass is 9.69. The van der Waals surface area contributed by atoms with Gasteiger partial charge in [-0.1, -0.05) is 218 Å². The van der Waals surface area contributed by atoms with E-state index < -0.39 is 105 Å². The Bertz CT molecular complexity index is 6890. The third kappa shape index (κ3) is 19.6. The van der Waals surface area contributed by atoms with Gasteiger partial charge >= 0.3 is 23.9 Å². The molecular weight excluding hydrogens is 1730 g/mol. The summed E-state index contributed by atoms with van der Waals surface area (Å²) < 4.78 is 0. The van der Waals surface area contributed by atoms with E-state index >= 15 is 0 Å². The molecule has 136 heavy (non-hydrogen) atoms. The van der Waals surface area contributed by atoms with Gasteiger partial charge in [-0.15, -0.1) is 0 Å². The van der Waals surface area contributed by atoms with Gasteiger partial charge in [-0.2, -0.15) is 0 Å². The van der Waals surface area contributed by atoms with Gasteiger partial charge in [0.15, 0.2) is 11.6 Å². The van der Waals surface area contributed by atoms with E-state index in [-0.39, 0.29) is 47.0 Å². The molecule has 6 N–H and O–H groups in total. The van der Waals surface area contributed by atoms with Crippen LogP contribution in [-0.4, -0.2) is 115 Å². The van der Waals surface area contributed by atoms with E-state index in [1.54, 1.807) is 133 Å². The molecule has 0 bridgehead atoms. The zero-order valence-electron chi connectivity index (χ0n) is 72.3. The highest BCUT2D eigenvalue weighted by Gasteiger charge is 2.40. The number of amides is 10. The van der Waals surface area contributed by atoms with Crippen LogP contribution in [0.1, 0.15) is 58.4 Å². The fourth-order valence-electron chi connectivity index (χ4n) is 16.8. The Morgan fingerprint density at radius 2 is 0.493 bits per heavy atom. The minimum absolute atomic E-state index is 0.206. The van der Waals surface area contributed by atoms with Gasteiger partial charge in [0.25, 0.3) is 47.3 Å². The van der Waals surface area contributed by atoms with Crippen molar-refractivity contribution in [2.24, 2.45) is 0 Å². The van der Waals surface area contributed by atoms with Crippen molar-refractivity contribution >= 4 is 129 Å². The lowest BCUT2D eigenvalue weighted by Gasteiger charge is -2.35. The zero-order chi connectivity index (χ0) is 96.2. The molecule has 0 spiro atoms. The van der Waals surface area contributed by atoms with Crippen molar-refractivity contribution in [1.29, 1.82) is 0 Å². The van der Waals surface area contributed by atoms with Crippen LogP contribution in [0.5, 0.6) is 0 Å². The maximum atomic E-state index is 13.4. The van der Waals surface area contributed by atoms with E-state index in [1.165, 1.54) is 48.6 Å². The fourth-order valence-corrected chi connectivity index (χ4v) is 16.8. The number of hydrogen-bond donors (Lipinski definition) is 6. The van der Waals surface area contributed by atoms with Gasteiger partial charge in [-0.3, -0.25) is 57.5 Å². The molecule has 0 aliphatic carbocycles. The Morgan fingerprint density at radius 3 is 0.801 bits per heavy atom. The number of aliphatic carboxylic acids is 4. The van der Waals surface area contributed by atoms with E-state index in [0.717, 1.165) is 89.4 Å². The maximum Gasteiger partial charge on any atom is 0.328 e. The number of nitrogens with zero attached hydrogens (tertiary/aromatic N) is 4. The summed E-state index contributed by atoms with van der Waals surface area (Å²) in [5, 5.41) is 42.3. The van der Waals surface area contributed by atoms with Gasteiger partial charge in [-0.05, 0) is 165 Å². The van der Waals surface area contributed by atoms with E-state index in [2.05, 4.69) is 10.6 Å². The number of imide groups is 4. The highest BCUT2D eigenvalue weighted by atomic mass is 16.4. The van der Waals surface area contributed by atoms with Crippen molar-refractivity contribution < 1.29 is 97.1 Å². The largest absolute Gasteiger partial charge is 0.478 e. The van der Waals surface area contributed by atoms with Crippen LogP contribution in [0.3, 0.4) is 0 Å². The molecule has 4 aliphatic rings. The molecule has 0 saturated carbocycles. The molecular formula is C110H78N6O20. The molecule has 26 nitrogen and oxygen atoms in total. The quantitative estimate of drug-likeness (QED) is 0.0138. The van der Waals surface area contributed by atoms with Crippen molar-refractivity contribution in [3.63, 3.8) is 0 Å². The minimum atomic E-state index is -1.33. The standard InChI is InChI=1S/C56H44N2O12.C54H34N4O8/c1-56(39-19-15-36(16-20-39)35-9-3-2-4-10-35,40-21-17-37(31-42(59)23-27-52(63)64)46(33-40)44-11-5-7-13-48(44)57-50(61)25-29-54(67)68)41-22-18-38(32-43(60)24-28-53(65)66)47(34-41)45-12-6-8-14-49(45)58-51(62)26-30-55(69)70;1-54(35-17-15-34(16-18-35)33-9-3-2-4-10-33,36-19-21-44(57-50(63)27-28-51(57)64)40(31-36)38-11-5-7-13-42(38)55-46(59)23-24-47(55)60)37-20-22-45(58-52(65)29-30-53(58)66)41(32-37)39-12-6-8-14-43(39)56-48(61)25-26-49(56)62/h2-30,33-34H,31-32H2,1H3,(H,57,61)(H,58,62)(H,63,64)(H,65,66)(H,67,68)(H,69,70);2-32H,1H3/b27-23+,28-24+,29-25+,30-26+;. The lowest BCUT2D eigenvalue weighted by molar-refractivity contribution is -0.132. The van der Waals surface area contributed by atoms with Gasteiger partial charge in [0, 0.05) is 153 Å².